The Morgan fingerprint density at radius 3 is 1.52 bits per heavy atom. The lowest BCUT2D eigenvalue weighted by Crippen LogP contribution is -1.98. The summed E-state index contributed by atoms with van der Waals surface area (Å²) in [6.45, 7) is 0. The van der Waals surface area contributed by atoms with Gasteiger partial charge in [0.05, 0.1) is 9.85 Å². The molecule has 0 aromatic heterocycles. The molecule has 0 radical (unpaired) electrons. The molecule has 0 unspecified atom stereocenters. The summed E-state index contributed by atoms with van der Waals surface area (Å²) in [4.78, 5) is 20.8. The first kappa shape index (κ1) is 16.0. The summed E-state index contributed by atoms with van der Waals surface area (Å²) >= 11 is 0. The molecule has 0 aliphatic carbocycles. The number of rotatable bonds is 6. The van der Waals surface area contributed by atoms with Gasteiger partial charge in [-0.1, -0.05) is 0 Å². The van der Waals surface area contributed by atoms with Crippen LogP contribution >= 0.6 is 0 Å². The van der Waals surface area contributed by atoms with Crippen molar-refractivity contribution >= 4 is 22.7 Å². The zero-order valence-corrected chi connectivity index (χ0v) is 12.4. The summed E-state index contributed by atoms with van der Waals surface area (Å²) in [6, 6.07) is 8.53. The molecule has 0 aliphatic heterocycles. The van der Waals surface area contributed by atoms with E-state index in [1.807, 2.05) is 0 Å². The van der Waals surface area contributed by atoms with Crippen LogP contribution in [0.3, 0.4) is 0 Å². The van der Waals surface area contributed by atoms with Gasteiger partial charge in [-0.3, -0.25) is 20.2 Å². The van der Waals surface area contributed by atoms with Gasteiger partial charge >= 0.3 is 0 Å². The van der Waals surface area contributed by atoms with Crippen molar-refractivity contribution in [2.45, 2.75) is 0 Å². The Hall–Kier alpha value is -3.36. The van der Waals surface area contributed by atoms with E-state index >= 15 is 0 Å². The number of nitrogens with zero attached hydrogens (tertiary/aromatic N) is 2. The van der Waals surface area contributed by atoms with Crippen LogP contribution in [0, 0.1) is 20.2 Å². The number of nitro benzene ring substituents is 2. The van der Waals surface area contributed by atoms with Gasteiger partial charge < -0.3 is 15.4 Å². The Bertz CT molecular complexity index is 699. The Kier molecular flexibility index (Phi) is 4.60. The van der Waals surface area contributed by atoms with Gasteiger partial charge in [0.1, 0.15) is 22.9 Å². The molecule has 0 saturated heterocycles. The first-order valence-corrected chi connectivity index (χ1v) is 6.56. The normalized spacial score (nSPS) is 10.0. The van der Waals surface area contributed by atoms with Crippen LogP contribution in [-0.4, -0.2) is 23.9 Å². The third-order valence-electron chi connectivity index (χ3n) is 3.10. The fraction of sp³-hybridized carbons (Fsp3) is 0.143. The van der Waals surface area contributed by atoms with Crippen LogP contribution in [0.25, 0.3) is 0 Å². The minimum absolute atomic E-state index is 0.0699. The van der Waals surface area contributed by atoms with Gasteiger partial charge in [-0.15, -0.1) is 0 Å². The maximum absolute atomic E-state index is 10.9. The number of benzene rings is 2. The average molecular weight is 318 g/mol. The summed E-state index contributed by atoms with van der Waals surface area (Å²) in [7, 11) is 3.13. The highest BCUT2D eigenvalue weighted by Gasteiger charge is 2.16. The topological polar surface area (TPSA) is 120 Å². The largest absolute Gasteiger partial charge is 0.457 e. The lowest BCUT2D eigenvalue weighted by atomic mass is 10.2. The molecule has 0 fully saturated rings. The molecule has 9 nitrogen and oxygen atoms in total. The molecule has 0 bridgehead atoms. The highest BCUT2D eigenvalue weighted by molar-refractivity contribution is 5.66. The predicted molar refractivity (Wildman–Crippen MR) is 85.4 cm³/mol. The number of ether oxygens (including phenoxy) is 1. The molecule has 0 saturated carbocycles. The van der Waals surface area contributed by atoms with Crippen molar-refractivity contribution in [2.24, 2.45) is 0 Å². The average Bonchev–Trinajstić information content (AvgIpc) is 2.54. The monoisotopic (exact) mass is 318 g/mol. The Morgan fingerprint density at radius 2 is 1.22 bits per heavy atom. The van der Waals surface area contributed by atoms with Crippen molar-refractivity contribution in [1.29, 1.82) is 0 Å². The quantitative estimate of drug-likeness (QED) is 0.618. The van der Waals surface area contributed by atoms with Crippen molar-refractivity contribution < 1.29 is 14.6 Å². The zero-order chi connectivity index (χ0) is 17.0. The third-order valence-corrected chi connectivity index (χ3v) is 3.10. The number of hydrogen-bond donors (Lipinski definition) is 2. The van der Waals surface area contributed by atoms with Crippen molar-refractivity contribution in [3.05, 3.63) is 56.6 Å². The van der Waals surface area contributed by atoms with Gasteiger partial charge in [-0.25, -0.2) is 0 Å². The molecule has 2 aromatic carbocycles. The summed E-state index contributed by atoms with van der Waals surface area (Å²) in [5.41, 5.74) is 0.477. The second-order valence-electron chi connectivity index (χ2n) is 4.47. The fourth-order valence-corrected chi connectivity index (χ4v) is 2.01. The fourth-order valence-electron chi connectivity index (χ4n) is 2.01. The Morgan fingerprint density at radius 1 is 0.826 bits per heavy atom. The lowest BCUT2D eigenvalue weighted by molar-refractivity contribution is -0.384. The van der Waals surface area contributed by atoms with Gasteiger partial charge in [0.2, 0.25) is 0 Å². The highest BCUT2D eigenvalue weighted by atomic mass is 16.6. The second-order valence-corrected chi connectivity index (χ2v) is 4.47. The maximum Gasteiger partial charge on any atom is 0.292 e. The van der Waals surface area contributed by atoms with Gasteiger partial charge in [-0.2, -0.15) is 0 Å². The third kappa shape index (κ3) is 3.46. The molecular formula is C14H14N4O5. The molecule has 23 heavy (non-hydrogen) atoms. The van der Waals surface area contributed by atoms with Crippen molar-refractivity contribution in [3.63, 3.8) is 0 Å². The van der Waals surface area contributed by atoms with Gasteiger partial charge in [0.25, 0.3) is 11.4 Å². The van der Waals surface area contributed by atoms with Crippen LogP contribution in [0.1, 0.15) is 0 Å². The predicted octanol–water partition coefficient (Wildman–Crippen LogP) is 3.38. The first-order valence-electron chi connectivity index (χ1n) is 6.56. The molecule has 0 spiro atoms. The van der Waals surface area contributed by atoms with E-state index in [2.05, 4.69) is 10.6 Å². The summed E-state index contributed by atoms with van der Waals surface area (Å²) in [5.74, 6) is 0.742. The van der Waals surface area contributed by atoms with E-state index < -0.39 is 9.85 Å². The van der Waals surface area contributed by atoms with Crippen LogP contribution in [0.15, 0.2) is 36.4 Å². The number of nitro groups is 2. The molecule has 2 N–H and O–H groups in total. The highest BCUT2D eigenvalue weighted by Crippen LogP contribution is 2.34. The molecule has 0 heterocycles. The van der Waals surface area contributed by atoms with Crippen molar-refractivity contribution in [2.75, 3.05) is 24.7 Å². The standard InChI is InChI=1S/C14H14N4O5/c1-15-11-7-9(3-5-13(11)17(19)20)23-10-4-6-14(18(21)22)12(8-10)16-2/h3-8,15-16H,1-2H3. The SMILES string of the molecule is CNc1cc(Oc2ccc([N+](=O)[O-])c(NC)c2)ccc1[N+](=O)[O-]. The number of hydrogen-bond acceptors (Lipinski definition) is 7. The van der Waals surface area contributed by atoms with Crippen molar-refractivity contribution in [3.8, 4) is 11.5 Å². The van der Waals surface area contributed by atoms with E-state index in [-0.39, 0.29) is 11.4 Å². The molecule has 0 aliphatic rings. The number of nitrogens with one attached hydrogen (secondary N) is 2. The molecular weight excluding hydrogens is 304 g/mol. The summed E-state index contributed by atoms with van der Waals surface area (Å²) in [6.07, 6.45) is 0. The smallest absolute Gasteiger partial charge is 0.292 e. The van der Waals surface area contributed by atoms with Gasteiger partial charge in [0.15, 0.2) is 0 Å². The van der Waals surface area contributed by atoms with Crippen LogP contribution in [-0.2, 0) is 0 Å². The Balaban J connectivity index is 2.32. The van der Waals surface area contributed by atoms with E-state index in [1.54, 1.807) is 14.1 Å². The van der Waals surface area contributed by atoms with E-state index in [4.69, 9.17) is 4.74 Å². The number of anilines is 2. The second kappa shape index (κ2) is 6.60. The summed E-state index contributed by atoms with van der Waals surface area (Å²) < 4.78 is 5.61. The van der Waals surface area contributed by atoms with Gasteiger partial charge in [0, 0.05) is 38.4 Å². The minimum atomic E-state index is -0.499. The van der Waals surface area contributed by atoms with Crippen LogP contribution in [0.5, 0.6) is 11.5 Å². The molecule has 120 valence electrons. The maximum atomic E-state index is 10.9. The van der Waals surface area contributed by atoms with E-state index in [0.29, 0.717) is 22.9 Å². The molecule has 2 rings (SSSR count). The molecule has 9 heteroatoms. The minimum Gasteiger partial charge on any atom is -0.457 e. The molecule has 2 aromatic rings. The van der Waals surface area contributed by atoms with E-state index in [9.17, 15) is 20.2 Å². The summed E-state index contributed by atoms with van der Waals surface area (Å²) in [5, 5.41) is 27.2. The van der Waals surface area contributed by atoms with Crippen molar-refractivity contribution in [1.82, 2.24) is 0 Å². The molecule has 0 amide bonds. The van der Waals surface area contributed by atoms with E-state index in [1.165, 1.54) is 36.4 Å². The Labute approximate surface area is 131 Å². The van der Waals surface area contributed by atoms with Crippen LogP contribution in [0.4, 0.5) is 22.7 Å². The van der Waals surface area contributed by atoms with E-state index in [0.717, 1.165) is 0 Å². The van der Waals surface area contributed by atoms with Gasteiger partial charge in [-0.05, 0) is 12.1 Å². The zero-order valence-electron chi connectivity index (χ0n) is 12.4. The van der Waals surface area contributed by atoms with Crippen LogP contribution < -0.4 is 15.4 Å². The lowest BCUT2D eigenvalue weighted by Gasteiger charge is -2.10. The molecule has 0 atom stereocenters. The van der Waals surface area contributed by atoms with Crippen LogP contribution in [0.2, 0.25) is 0 Å². The first-order chi connectivity index (χ1) is 11.0.